The zero-order valence-electron chi connectivity index (χ0n) is 18.4. The highest BCUT2D eigenvalue weighted by Gasteiger charge is 2.18. The number of benzene rings is 2. The van der Waals surface area contributed by atoms with Gasteiger partial charge in [0.05, 0.1) is 36.4 Å². The van der Waals surface area contributed by atoms with Crippen LogP contribution in [0.1, 0.15) is 35.3 Å². The summed E-state index contributed by atoms with van der Waals surface area (Å²) in [6.07, 6.45) is 5.20. The SMILES string of the molecule is COc1cc(/C(=N\O)c2cccn(C(C)c3ccc(F)cc3)c2=O)ccc1-n1cnc(C)c1. The van der Waals surface area contributed by atoms with Crippen LogP contribution in [0.5, 0.6) is 5.75 Å². The molecule has 168 valence electrons. The van der Waals surface area contributed by atoms with Crippen LogP contribution in [0.4, 0.5) is 4.39 Å². The quantitative estimate of drug-likeness (QED) is 0.272. The zero-order chi connectivity index (χ0) is 23.5. The van der Waals surface area contributed by atoms with Gasteiger partial charge < -0.3 is 19.1 Å². The molecule has 0 aliphatic rings. The average Bonchev–Trinajstić information content (AvgIpc) is 3.26. The molecule has 0 amide bonds. The predicted molar refractivity (Wildman–Crippen MR) is 123 cm³/mol. The predicted octanol–water partition coefficient (Wildman–Crippen LogP) is 4.33. The second-order valence-corrected chi connectivity index (χ2v) is 7.62. The zero-order valence-corrected chi connectivity index (χ0v) is 18.4. The topological polar surface area (TPSA) is 81.6 Å². The van der Waals surface area contributed by atoms with Crippen LogP contribution in [-0.2, 0) is 0 Å². The molecule has 2 aromatic carbocycles. The maximum atomic E-state index is 13.3. The summed E-state index contributed by atoms with van der Waals surface area (Å²) >= 11 is 0. The first-order chi connectivity index (χ1) is 15.9. The highest BCUT2D eigenvalue weighted by Crippen LogP contribution is 2.26. The number of aromatic nitrogens is 3. The lowest BCUT2D eigenvalue weighted by atomic mass is 10.0. The van der Waals surface area contributed by atoms with Gasteiger partial charge in [0.1, 0.15) is 17.3 Å². The molecule has 2 aromatic heterocycles. The van der Waals surface area contributed by atoms with Crippen molar-refractivity contribution in [1.82, 2.24) is 14.1 Å². The van der Waals surface area contributed by atoms with E-state index in [0.717, 1.165) is 16.9 Å². The van der Waals surface area contributed by atoms with Gasteiger partial charge in [0.25, 0.3) is 5.56 Å². The molecule has 7 nitrogen and oxygen atoms in total. The fourth-order valence-corrected chi connectivity index (χ4v) is 3.76. The summed E-state index contributed by atoms with van der Waals surface area (Å²) < 4.78 is 22.2. The molecule has 0 aliphatic carbocycles. The van der Waals surface area contributed by atoms with Crippen molar-refractivity contribution in [3.63, 3.8) is 0 Å². The first-order valence-corrected chi connectivity index (χ1v) is 10.3. The van der Waals surface area contributed by atoms with Crippen molar-refractivity contribution in [1.29, 1.82) is 0 Å². The van der Waals surface area contributed by atoms with Crippen LogP contribution in [-0.4, -0.2) is 32.1 Å². The molecule has 0 saturated carbocycles. The van der Waals surface area contributed by atoms with Crippen molar-refractivity contribution in [2.24, 2.45) is 5.16 Å². The number of aryl methyl sites for hydroxylation is 1. The Kier molecular flexibility index (Phi) is 6.08. The minimum Gasteiger partial charge on any atom is -0.495 e. The minimum absolute atomic E-state index is 0.118. The highest BCUT2D eigenvalue weighted by atomic mass is 19.1. The first kappa shape index (κ1) is 22.0. The average molecular weight is 446 g/mol. The lowest BCUT2D eigenvalue weighted by molar-refractivity contribution is 0.319. The molecule has 1 atom stereocenters. The summed E-state index contributed by atoms with van der Waals surface area (Å²) in [6.45, 7) is 3.74. The number of nitrogens with zero attached hydrogens (tertiary/aromatic N) is 4. The van der Waals surface area contributed by atoms with E-state index in [4.69, 9.17) is 4.74 Å². The van der Waals surface area contributed by atoms with Crippen LogP contribution in [0, 0.1) is 12.7 Å². The second-order valence-electron chi connectivity index (χ2n) is 7.62. The third kappa shape index (κ3) is 4.27. The van der Waals surface area contributed by atoms with E-state index < -0.39 is 0 Å². The number of ether oxygens (including phenoxy) is 1. The van der Waals surface area contributed by atoms with E-state index in [-0.39, 0.29) is 28.7 Å². The monoisotopic (exact) mass is 446 g/mol. The lowest BCUT2D eigenvalue weighted by Crippen LogP contribution is -2.29. The Morgan fingerprint density at radius 3 is 2.58 bits per heavy atom. The van der Waals surface area contributed by atoms with Gasteiger partial charge in [0, 0.05) is 18.0 Å². The number of imidazole rings is 1. The van der Waals surface area contributed by atoms with Gasteiger partial charge in [-0.25, -0.2) is 9.37 Å². The molecule has 1 N–H and O–H groups in total. The fourth-order valence-electron chi connectivity index (χ4n) is 3.76. The smallest absolute Gasteiger partial charge is 0.260 e. The van der Waals surface area contributed by atoms with E-state index in [2.05, 4.69) is 10.1 Å². The molecule has 4 aromatic rings. The third-order valence-corrected chi connectivity index (χ3v) is 5.54. The number of methoxy groups -OCH3 is 1. The van der Waals surface area contributed by atoms with Crippen LogP contribution in [0.3, 0.4) is 0 Å². The molecule has 0 saturated heterocycles. The highest BCUT2D eigenvalue weighted by molar-refractivity contribution is 6.12. The van der Waals surface area contributed by atoms with E-state index in [0.29, 0.717) is 11.3 Å². The number of pyridine rings is 1. The summed E-state index contributed by atoms with van der Waals surface area (Å²) in [5.74, 6) is 0.187. The van der Waals surface area contributed by atoms with Gasteiger partial charge in [-0.3, -0.25) is 4.79 Å². The Balaban J connectivity index is 1.75. The van der Waals surface area contributed by atoms with Crippen LogP contribution >= 0.6 is 0 Å². The van der Waals surface area contributed by atoms with Gasteiger partial charge in [0.2, 0.25) is 0 Å². The standard InChI is InChI=1S/C25H23FN4O3/c1-16-14-29(15-27-16)22-11-8-19(13-23(22)33-3)24(28-32)21-5-4-12-30(25(21)31)17(2)18-6-9-20(26)10-7-18/h4-15,17,32H,1-3H3/b28-24+. The second kappa shape index (κ2) is 9.12. The number of oxime groups is 1. The van der Waals surface area contributed by atoms with Crippen LogP contribution in [0.25, 0.3) is 5.69 Å². The fraction of sp³-hybridized carbons (Fsp3) is 0.160. The van der Waals surface area contributed by atoms with E-state index in [1.54, 1.807) is 56.0 Å². The third-order valence-electron chi connectivity index (χ3n) is 5.54. The Labute approximate surface area is 190 Å². The van der Waals surface area contributed by atoms with E-state index in [1.165, 1.54) is 16.7 Å². The number of hydrogen-bond donors (Lipinski definition) is 1. The molecule has 33 heavy (non-hydrogen) atoms. The number of rotatable bonds is 6. The Bertz CT molecular complexity index is 1370. The Hall–Kier alpha value is -4.20. The van der Waals surface area contributed by atoms with Crippen LogP contribution in [0.15, 0.2) is 83.3 Å². The van der Waals surface area contributed by atoms with Crippen LogP contribution < -0.4 is 10.3 Å². The number of halogens is 1. The maximum Gasteiger partial charge on any atom is 0.260 e. The number of hydrogen-bond acceptors (Lipinski definition) is 5. The summed E-state index contributed by atoms with van der Waals surface area (Å²) in [7, 11) is 1.54. The normalized spacial score (nSPS) is 12.5. The van der Waals surface area contributed by atoms with Gasteiger partial charge in [-0.1, -0.05) is 23.4 Å². The largest absolute Gasteiger partial charge is 0.495 e. The molecule has 0 radical (unpaired) electrons. The van der Waals surface area contributed by atoms with Crippen molar-refractivity contribution in [2.45, 2.75) is 19.9 Å². The van der Waals surface area contributed by atoms with Gasteiger partial charge in [0.15, 0.2) is 0 Å². The first-order valence-electron chi connectivity index (χ1n) is 10.3. The summed E-state index contributed by atoms with van der Waals surface area (Å²) in [5.41, 5.74) is 2.91. The molecule has 0 spiro atoms. The van der Waals surface area contributed by atoms with Crippen molar-refractivity contribution in [3.8, 4) is 11.4 Å². The molecule has 0 fully saturated rings. The molecule has 4 rings (SSSR count). The van der Waals surface area contributed by atoms with E-state index in [9.17, 15) is 14.4 Å². The van der Waals surface area contributed by atoms with Crippen molar-refractivity contribution in [3.05, 3.63) is 112 Å². The Morgan fingerprint density at radius 1 is 1.18 bits per heavy atom. The molecule has 2 heterocycles. The molecule has 0 bridgehead atoms. The van der Waals surface area contributed by atoms with Crippen LogP contribution in [0.2, 0.25) is 0 Å². The van der Waals surface area contributed by atoms with Crippen molar-refractivity contribution >= 4 is 5.71 Å². The maximum absolute atomic E-state index is 13.3. The molecule has 1 unspecified atom stereocenters. The van der Waals surface area contributed by atoms with E-state index in [1.807, 2.05) is 30.7 Å². The summed E-state index contributed by atoms with van der Waals surface area (Å²) in [5, 5.41) is 13.3. The lowest BCUT2D eigenvalue weighted by Gasteiger charge is -2.17. The Morgan fingerprint density at radius 2 is 1.94 bits per heavy atom. The molecule has 8 heteroatoms. The summed E-state index contributed by atoms with van der Waals surface area (Å²) in [4.78, 5) is 17.6. The molecular formula is C25H23FN4O3. The van der Waals surface area contributed by atoms with Gasteiger partial charge in [-0.05, 0) is 55.8 Å². The van der Waals surface area contributed by atoms with E-state index >= 15 is 0 Å². The van der Waals surface area contributed by atoms with Gasteiger partial charge in [-0.2, -0.15) is 0 Å². The minimum atomic E-state index is -0.348. The molecular weight excluding hydrogens is 423 g/mol. The molecule has 0 aliphatic heterocycles. The van der Waals surface area contributed by atoms with Crippen molar-refractivity contribution in [2.75, 3.05) is 7.11 Å². The van der Waals surface area contributed by atoms with Gasteiger partial charge in [-0.15, -0.1) is 0 Å². The summed E-state index contributed by atoms with van der Waals surface area (Å²) in [6, 6.07) is 14.2. The van der Waals surface area contributed by atoms with Gasteiger partial charge >= 0.3 is 0 Å². The van der Waals surface area contributed by atoms with Crippen molar-refractivity contribution < 1.29 is 14.3 Å².